The van der Waals surface area contributed by atoms with Gasteiger partial charge in [-0.25, -0.2) is 0 Å². The molecule has 1 N–H and O–H groups in total. The normalized spacial score (nSPS) is 23.0. The van der Waals surface area contributed by atoms with Crippen molar-refractivity contribution in [3.05, 3.63) is 23.8 Å². The number of anilines is 1. The highest BCUT2D eigenvalue weighted by molar-refractivity contribution is 6.00. The number of carbonyl (C=O) groups is 2. The maximum Gasteiger partial charge on any atom is 0.257 e. The number of hydrogen-bond acceptors (Lipinski definition) is 3. The van der Waals surface area contributed by atoms with Crippen LogP contribution in [0.15, 0.2) is 18.2 Å². The maximum absolute atomic E-state index is 12.6. The molecule has 0 unspecified atom stereocenters. The molecule has 2 aliphatic rings. The minimum absolute atomic E-state index is 0.0648. The van der Waals surface area contributed by atoms with Crippen molar-refractivity contribution in [2.24, 2.45) is 11.8 Å². The number of fused-ring (bicyclic) bond motifs is 1. The Hall–Kier alpha value is -2.04. The van der Waals surface area contributed by atoms with Gasteiger partial charge in [-0.1, -0.05) is 26.2 Å². The van der Waals surface area contributed by atoms with Crippen molar-refractivity contribution in [1.29, 1.82) is 0 Å². The molecule has 0 aromatic heterocycles. The molecule has 142 valence electrons. The Bertz CT molecular complexity index is 651. The molecule has 1 aliphatic carbocycles. The van der Waals surface area contributed by atoms with Crippen LogP contribution in [0.25, 0.3) is 0 Å². The second-order valence-corrected chi connectivity index (χ2v) is 7.64. The van der Waals surface area contributed by atoms with Crippen molar-refractivity contribution in [1.82, 2.24) is 4.90 Å². The number of hydrogen-bond donors (Lipinski definition) is 1. The van der Waals surface area contributed by atoms with Gasteiger partial charge in [0.05, 0.1) is 12.1 Å². The first kappa shape index (κ1) is 18.7. The standard InChI is InChI=1S/C21H30N2O3/c1-3-4-5-15-6-8-16(9-7-15)20(24)22-17-10-11-19-18(14-17)21(25)23(2)12-13-26-19/h10-11,14-16H,3-9,12-13H2,1-2H3,(H,22,24). The van der Waals surface area contributed by atoms with Crippen molar-refractivity contribution >= 4 is 17.5 Å². The Labute approximate surface area is 156 Å². The zero-order chi connectivity index (χ0) is 18.5. The number of rotatable bonds is 5. The molecule has 1 fully saturated rings. The second-order valence-electron chi connectivity index (χ2n) is 7.64. The molecule has 0 radical (unpaired) electrons. The van der Waals surface area contributed by atoms with Gasteiger partial charge >= 0.3 is 0 Å². The number of ether oxygens (including phenoxy) is 1. The molecule has 26 heavy (non-hydrogen) atoms. The Morgan fingerprint density at radius 3 is 2.77 bits per heavy atom. The Balaban J connectivity index is 1.60. The van der Waals surface area contributed by atoms with E-state index in [0.717, 1.165) is 31.6 Å². The molecule has 1 aromatic carbocycles. The number of unbranched alkanes of at least 4 members (excludes halogenated alkanes) is 1. The predicted octanol–water partition coefficient (Wildman–Crippen LogP) is 4.09. The van der Waals surface area contributed by atoms with Crippen LogP contribution in [0.5, 0.6) is 5.75 Å². The molecule has 0 atom stereocenters. The summed E-state index contributed by atoms with van der Waals surface area (Å²) >= 11 is 0. The number of nitrogens with zero attached hydrogens (tertiary/aromatic N) is 1. The zero-order valence-corrected chi connectivity index (χ0v) is 15.9. The zero-order valence-electron chi connectivity index (χ0n) is 15.9. The summed E-state index contributed by atoms with van der Waals surface area (Å²) in [5.74, 6) is 1.48. The molecular formula is C21H30N2O3. The van der Waals surface area contributed by atoms with Gasteiger partial charge in [-0.2, -0.15) is 0 Å². The van der Waals surface area contributed by atoms with E-state index in [1.54, 1.807) is 24.1 Å². The third kappa shape index (κ3) is 4.37. The predicted molar refractivity (Wildman–Crippen MR) is 103 cm³/mol. The van der Waals surface area contributed by atoms with Gasteiger partial charge in [0, 0.05) is 18.7 Å². The molecule has 0 saturated heterocycles. The first-order valence-corrected chi connectivity index (χ1v) is 9.91. The fraction of sp³-hybridized carbons (Fsp3) is 0.619. The van der Waals surface area contributed by atoms with Gasteiger partial charge in [0.2, 0.25) is 5.91 Å². The monoisotopic (exact) mass is 358 g/mol. The average Bonchev–Trinajstić information content (AvgIpc) is 2.79. The number of likely N-dealkylation sites (N-methyl/N-ethyl adjacent to an activating group) is 1. The van der Waals surface area contributed by atoms with E-state index in [-0.39, 0.29) is 17.7 Å². The molecule has 1 aromatic rings. The second kappa shape index (κ2) is 8.56. The van der Waals surface area contributed by atoms with E-state index in [1.165, 1.54) is 19.3 Å². The van der Waals surface area contributed by atoms with Gasteiger partial charge in [0.25, 0.3) is 5.91 Å². The van der Waals surface area contributed by atoms with Crippen molar-refractivity contribution in [3.63, 3.8) is 0 Å². The van der Waals surface area contributed by atoms with Gasteiger partial charge in [-0.15, -0.1) is 0 Å². The van der Waals surface area contributed by atoms with E-state index in [4.69, 9.17) is 4.74 Å². The SMILES string of the molecule is CCCCC1CCC(C(=O)Nc2ccc3c(c2)C(=O)N(C)CCO3)CC1. The van der Waals surface area contributed by atoms with E-state index in [2.05, 4.69) is 12.2 Å². The van der Waals surface area contributed by atoms with Crippen molar-refractivity contribution in [2.45, 2.75) is 51.9 Å². The molecule has 1 aliphatic heterocycles. The van der Waals surface area contributed by atoms with Crippen molar-refractivity contribution in [3.8, 4) is 5.75 Å². The highest BCUT2D eigenvalue weighted by Gasteiger charge is 2.27. The van der Waals surface area contributed by atoms with E-state index < -0.39 is 0 Å². The van der Waals surface area contributed by atoms with Crippen LogP contribution in [-0.2, 0) is 4.79 Å². The van der Waals surface area contributed by atoms with Gasteiger partial charge in [-0.05, 0) is 49.8 Å². The minimum Gasteiger partial charge on any atom is -0.491 e. The summed E-state index contributed by atoms with van der Waals surface area (Å²) < 4.78 is 5.63. The lowest BCUT2D eigenvalue weighted by Gasteiger charge is -2.27. The Morgan fingerprint density at radius 1 is 1.27 bits per heavy atom. The summed E-state index contributed by atoms with van der Waals surface area (Å²) in [6.45, 7) is 3.28. The number of nitrogens with one attached hydrogen (secondary N) is 1. The lowest BCUT2D eigenvalue weighted by atomic mass is 9.79. The molecular weight excluding hydrogens is 328 g/mol. The molecule has 3 rings (SSSR count). The van der Waals surface area contributed by atoms with Gasteiger partial charge in [0.15, 0.2) is 0 Å². The summed E-state index contributed by atoms with van der Waals surface area (Å²) in [6.07, 6.45) is 8.08. The summed E-state index contributed by atoms with van der Waals surface area (Å²) in [7, 11) is 1.77. The summed E-state index contributed by atoms with van der Waals surface area (Å²) in [4.78, 5) is 26.7. The fourth-order valence-corrected chi connectivity index (χ4v) is 3.95. The molecule has 1 saturated carbocycles. The summed E-state index contributed by atoms with van der Waals surface area (Å²) in [6, 6.07) is 5.34. The Morgan fingerprint density at radius 2 is 2.04 bits per heavy atom. The van der Waals surface area contributed by atoms with Crippen LogP contribution in [0.2, 0.25) is 0 Å². The highest BCUT2D eigenvalue weighted by atomic mass is 16.5. The van der Waals surface area contributed by atoms with E-state index in [1.807, 2.05) is 6.07 Å². The van der Waals surface area contributed by atoms with Crippen LogP contribution >= 0.6 is 0 Å². The number of benzene rings is 1. The molecule has 2 amide bonds. The van der Waals surface area contributed by atoms with Crippen molar-refractivity contribution < 1.29 is 14.3 Å². The van der Waals surface area contributed by atoms with Gasteiger partial charge in [0.1, 0.15) is 12.4 Å². The lowest BCUT2D eigenvalue weighted by molar-refractivity contribution is -0.121. The van der Waals surface area contributed by atoms with Crippen LogP contribution in [0, 0.1) is 11.8 Å². The average molecular weight is 358 g/mol. The summed E-state index contributed by atoms with van der Waals surface area (Å²) in [5.41, 5.74) is 1.19. The maximum atomic E-state index is 12.6. The Kier molecular flexibility index (Phi) is 6.17. The molecule has 0 bridgehead atoms. The first-order valence-electron chi connectivity index (χ1n) is 9.91. The summed E-state index contributed by atoms with van der Waals surface area (Å²) in [5, 5.41) is 3.01. The quantitative estimate of drug-likeness (QED) is 0.862. The van der Waals surface area contributed by atoms with Crippen LogP contribution < -0.4 is 10.1 Å². The van der Waals surface area contributed by atoms with Crippen LogP contribution in [0.3, 0.4) is 0 Å². The van der Waals surface area contributed by atoms with Gasteiger partial charge < -0.3 is 15.0 Å². The minimum atomic E-state index is -0.0648. The van der Waals surface area contributed by atoms with E-state index >= 15 is 0 Å². The largest absolute Gasteiger partial charge is 0.491 e. The van der Waals surface area contributed by atoms with Crippen molar-refractivity contribution in [2.75, 3.05) is 25.5 Å². The van der Waals surface area contributed by atoms with Crippen LogP contribution in [0.1, 0.15) is 62.2 Å². The topological polar surface area (TPSA) is 58.6 Å². The van der Waals surface area contributed by atoms with E-state index in [9.17, 15) is 9.59 Å². The van der Waals surface area contributed by atoms with Gasteiger partial charge in [-0.3, -0.25) is 9.59 Å². The van der Waals surface area contributed by atoms with E-state index in [0.29, 0.717) is 30.2 Å². The van der Waals surface area contributed by atoms with Crippen LogP contribution in [-0.4, -0.2) is 36.9 Å². The fourth-order valence-electron chi connectivity index (χ4n) is 3.95. The lowest BCUT2D eigenvalue weighted by Crippen LogP contribution is -2.28. The molecule has 5 nitrogen and oxygen atoms in total. The highest BCUT2D eigenvalue weighted by Crippen LogP contribution is 2.33. The molecule has 1 heterocycles. The van der Waals surface area contributed by atoms with Crippen LogP contribution in [0.4, 0.5) is 5.69 Å². The molecule has 5 heteroatoms. The number of carbonyl (C=O) groups excluding carboxylic acids is 2. The molecule has 0 spiro atoms. The third-order valence-corrected chi connectivity index (χ3v) is 5.69. The third-order valence-electron chi connectivity index (χ3n) is 5.69. The number of amides is 2. The first-order chi connectivity index (χ1) is 12.6. The smallest absolute Gasteiger partial charge is 0.257 e.